The van der Waals surface area contributed by atoms with Gasteiger partial charge in [0.05, 0.1) is 4.91 Å². The number of benzene rings is 1. The molecule has 31 heavy (non-hydrogen) atoms. The van der Waals surface area contributed by atoms with Gasteiger partial charge in [-0.05, 0) is 52.4 Å². The maximum Gasteiger partial charge on any atom is 0.293 e. The average molecular weight is 438 g/mol. The molecule has 0 radical (unpaired) electrons. The van der Waals surface area contributed by atoms with E-state index in [1.165, 1.54) is 10.5 Å². The van der Waals surface area contributed by atoms with E-state index in [0.717, 1.165) is 22.9 Å². The van der Waals surface area contributed by atoms with Gasteiger partial charge in [0.1, 0.15) is 0 Å². The lowest BCUT2D eigenvalue weighted by molar-refractivity contribution is -0.124. The van der Waals surface area contributed by atoms with Crippen LogP contribution in [-0.2, 0) is 21.4 Å². The molecule has 1 aliphatic heterocycles. The molecule has 1 aromatic heterocycles. The number of rotatable bonds is 7. The van der Waals surface area contributed by atoms with Crippen LogP contribution in [0.4, 0.5) is 4.79 Å². The zero-order valence-electron chi connectivity index (χ0n) is 18.1. The molecule has 2 heterocycles. The van der Waals surface area contributed by atoms with Crippen LogP contribution in [0.3, 0.4) is 0 Å². The number of pyridine rings is 1. The molecule has 1 saturated heterocycles. The van der Waals surface area contributed by atoms with Crippen LogP contribution in [0.15, 0.2) is 53.7 Å². The highest BCUT2D eigenvalue weighted by atomic mass is 32.2. The van der Waals surface area contributed by atoms with Gasteiger partial charge in [-0.1, -0.05) is 51.1 Å². The smallest absolute Gasteiger partial charge is 0.293 e. The first-order valence-corrected chi connectivity index (χ1v) is 11.1. The molecule has 0 unspecified atom stereocenters. The largest absolute Gasteiger partial charge is 0.354 e. The number of hydrogen-bond acceptors (Lipinski definition) is 5. The molecule has 1 fully saturated rings. The highest BCUT2D eigenvalue weighted by Crippen LogP contribution is 2.32. The van der Waals surface area contributed by atoms with E-state index in [0.29, 0.717) is 17.7 Å². The summed E-state index contributed by atoms with van der Waals surface area (Å²) in [6.45, 7) is 6.82. The monoisotopic (exact) mass is 437 g/mol. The van der Waals surface area contributed by atoms with Crippen molar-refractivity contribution in [2.45, 2.75) is 39.0 Å². The van der Waals surface area contributed by atoms with Crippen LogP contribution in [-0.4, -0.2) is 40.0 Å². The van der Waals surface area contributed by atoms with Crippen molar-refractivity contribution in [2.24, 2.45) is 0 Å². The standard InChI is InChI=1S/C24H27N3O3S/c1-24(2,3)19-9-6-17(7-10-19)15-20-22(29)27(23(30)31-20)14-13-26-21(28)11-8-18-5-4-12-25-16-18/h4-7,9-10,12,15-16H,8,11,13-14H2,1-3H3,(H,26,28)/b20-15+. The van der Waals surface area contributed by atoms with E-state index in [-0.39, 0.29) is 35.6 Å². The second-order valence-electron chi connectivity index (χ2n) is 8.42. The minimum Gasteiger partial charge on any atom is -0.354 e. The summed E-state index contributed by atoms with van der Waals surface area (Å²) in [4.78, 5) is 42.5. The van der Waals surface area contributed by atoms with Crippen LogP contribution in [0.5, 0.6) is 0 Å². The Balaban J connectivity index is 1.50. The van der Waals surface area contributed by atoms with Gasteiger partial charge in [0, 0.05) is 31.9 Å². The molecule has 0 spiro atoms. The highest BCUT2D eigenvalue weighted by molar-refractivity contribution is 8.18. The fraction of sp³-hybridized carbons (Fsp3) is 0.333. The fourth-order valence-corrected chi connectivity index (χ4v) is 3.99. The third-order valence-electron chi connectivity index (χ3n) is 4.97. The van der Waals surface area contributed by atoms with Crippen LogP contribution in [0.1, 0.15) is 43.9 Å². The Bertz CT molecular complexity index is 979. The third kappa shape index (κ3) is 6.28. The van der Waals surface area contributed by atoms with Crippen molar-refractivity contribution >= 4 is 34.9 Å². The number of carbonyl (C=O) groups is 3. The number of hydrogen-bond donors (Lipinski definition) is 1. The summed E-state index contributed by atoms with van der Waals surface area (Å²) in [5.74, 6) is -0.440. The molecule has 7 heteroatoms. The highest BCUT2D eigenvalue weighted by Gasteiger charge is 2.34. The maximum atomic E-state index is 12.6. The first-order valence-electron chi connectivity index (χ1n) is 10.3. The number of thioether (sulfide) groups is 1. The van der Waals surface area contributed by atoms with Gasteiger partial charge in [-0.3, -0.25) is 24.3 Å². The number of aryl methyl sites for hydroxylation is 1. The lowest BCUT2D eigenvalue weighted by Gasteiger charge is -2.18. The van der Waals surface area contributed by atoms with Crippen molar-refractivity contribution in [3.63, 3.8) is 0 Å². The molecule has 2 aromatic rings. The Labute approximate surface area is 187 Å². The molecular weight excluding hydrogens is 410 g/mol. The van der Waals surface area contributed by atoms with Crippen LogP contribution < -0.4 is 5.32 Å². The van der Waals surface area contributed by atoms with E-state index >= 15 is 0 Å². The van der Waals surface area contributed by atoms with E-state index in [1.807, 2.05) is 36.4 Å². The quantitative estimate of drug-likeness (QED) is 0.658. The zero-order chi connectivity index (χ0) is 22.4. The topological polar surface area (TPSA) is 79.4 Å². The number of amides is 3. The normalized spacial score (nSPS) is 15.6. The molecule has 1 aromatic carbocycles. The summed E-state index contributed by atoms with van der Waals surface area (Å²) < 4.78 is 0. The summed E-state index contributed by atoms with van der Waals surface area (Å²) in [5, 5.41) is 2.46. The summed E-state index contributed by atoms with van der Waals surface area (Å²) in [6.07, 6.45) is 6.09. The average Bonchev–Trinajstić information content (AvgIpc) is 3.00. The Hall–Kier alpha value is -2.93. The van der Waals surface area contributed by atoms with E-state index in [1.54, 1.807) is 18.5 Å². The number of aromatic nitrogens is 1. The van der Waals surface area contributed by atoms with Gasteiger partial charge >= 0.3 is 0 Å². The van der Waals surface area contributed by atoms with Crippen molar-refractivity contribution in [3.8, 4) is 0 Å². The Kier molecular flexibility index (Phi) is 7.28. The number of carbonyl (C=O) groups excluding carboxylic acids is 3. The number of imide groups is 1. The minimum atomic E-state index is -0.320. The van der Waals surface area contributed by atoms with Crippen LogP contribution in [0, 0.1) is 0 Å². The summed E-state index contributed by atoms with van der Waals surface area (Å²) in [5.41, 5.74) is 3.13. The van der Waals surface area contributed by atoms with Gasteiger partial charge in [-0.15, -0.1) is 0 Å². The van der Waals surface area contributed by atoms with E-state index < -0.39 is 0 Å². The molecule has 3 rings (SSSR count). The summed E-state index contributed by atoms with van der Waals surface area (Å²) in [6, 6.07) is 11.7. The first-order chi connectivity index (χ1) is 14.7. The molecule has 1 aliphatic rings. The molecule has 6 nitrogen and oxygen atoms in total. The fourth-order valence-electron chi connectivity index (χ4n) is 3.12. The lowest BCUT2D eigenvalue weighted by Crippen LogP contribution is -2.37. The molecule has 1 N–H and O–H groups in total. The lowest BCUT2D eigenvalue weighted by atomic mass is 9.87. The summed E-state index contributed by atoms with van der Waals surface area (Å²) >= 11 is 0.932. The molecule has 162 valence electrons. The van der Waals surface area contributed by atoms with Crippen molar-refractivity contribution < 1.29 is 14.4 Å². The molecule has 0 aliphatic carbocycles. The molecule has 0 atom stereocenters. The zero-order valence-corrected chi connectivity index (χ0v) is 18.9. The predicted octanol–water partition coefficient (Wildman–Crippen LogP) is 4.16. The van der Waals surface area contributed by atoms with Gasteiger partial charge < -0.3 is 5.32 Å². The van der Waals surface area contributed by atoms with Crippen molar-refractivity contribution in [1.82, 2.24) is 15.2 Å². The first kappa shape index (κ1) is 22.7. The van der Waals surface area contributed by atoms with Crippen LogP contribution >= 0.6 is 11.8 Å². The Morgan fingerprint density at radius 2 is 1.90 bits per heavy atom. The number of nitrogens with zero attached hydrogens (tertiary/aromatic N) is 2. The maximum absolute atomic E-state index is 12.6. The van der Waals surface area contributed by atoms with Gasteiger partial charge in [-0.25, -0.2) is 0 Å². The van der Waals surface area contributed by atoms with E-state index in [9.17, 15) is 14.4 Å². The van der Waals surface area contributed by atoms with Gasteiger partial charge in [0.25, 0.3) is 11.1 Å². The van der Waals surface area contributed by atoms with Crippen LogP contribution in [0.2, 0.25) is 0 Å². The Morgan fingerprint density at radius 1 is 1.16 bits per heavy atom. The Morgan fingerprint density at radius 3 is 2.55 bits per heavy atom. The van der Waals surface area contributed by atoms with E-state index in [4.69, 9.17) is 0 Å². The molecule has 0 saturated carbocycles. The number of nitrogens with one attached hydrogen (secondary N) is 1. The molecule has 0 bridgehead atoms. The van der Waals surface area contributed by atoms with Crippen molar-refractivity contribution in [3.05, 3.63) is 70.4 Å². The molecule has 3 amide bonds. The van der Waals surface area contributed by atoms with Gasteiger partial charge in [-0.2, -0.15) is 0 Å². The third-order valence-corrected chi connectivity index (χ3v) is 5.88. The summed E-state index contributed by atoms with van der Waals surface area (Å²) in [7, 11) is 0. The SMILES string of the molecule is CC(C)(C)c1ccc(/C=C2/SC(=O)N(CCNC(=O)CCc3cccnc3)C2=O)cc1. The van der Waals surface area contributed by atoms with Crippen molar-refractivity contribution in [2.75, 3.05) is 13.1 Å². The second-order valence-corrected chi connectivity index (χ2v) is 9.41. The van der Waals surface area contributed by atoms with Crippen molar-refractivity contribution in [1.29, 1.82) is 0 Å². The minimum absolute atomic E-state index is 0.0544. The molecular formula is C24H27N3O3S. The van der Waals surface area contributed by atoms with Gasteiger partial charge in [0.15, 0.2) is 0 Å². The second kappa shape index (κ2) is 9.92. The van der Waals surface area contributed by atoms with Crippen LogP contribution in [0.25, 0.3) is 6.08 Å². The van der Waals surface area contributed by atoms with Gasteiger partial charge in [0.2, 0.25) is 5.91 Å². The predicted molar refractivity (Wildman–Crippen MR) is 123 cm³/mol. The van der Waals surface area contributed by atoms with E-state index in [2.05, 4.69) is 31.1 Å².